The second-order valence-corrected chi connectivity index (χ2v) is 3.60. The lowest BCUT2D eigenvalue weighted by atomic mass is 10.0. The molecule has 100 valence electrons. The fourth-order valence-corrected chi connectivity index (χ4v) is 1.58. The first kappa shape index (κ1) is 14.3. The standard InChI is InChI=1S/C12H15F2NO3/c1-4-18-11(16)6-8-7(2)15-10(17-3)5-9(8)12(13)14/h5,12H,4,6H2,1-3H3. The van der Waals surface area contributed by atoms with Crippen LogP contribution in [0.4, 0.5) is 8.78 Å². The number of hydrogen-bond acceptors (Lipinski definition) is 4. The van der Waals surface area contributed by atoms with Crippen molar-refractivity contribution >= 4 is 5.97 Å². The Kier molecular flexibility index (Phi) is 5.00. The predicted molar refractivity (Wildman–Crippen MR) is 60.8 cm³/mol. The fraction of sp³-hybridized carbons (Fsp3) is 0.500. The molecule has 0 unspecified atom stereocenters. The van der Waals surface area contributed by atoms with Gasteiger partial charge in [0, 0.05) is 17.3 Å². The zero-order chi connectivity index (χ0) is 13.7. The van der Waals surface area contributed by atoms with E-state index in [1.165, 1.54) is 7.11 Å². The molecule has 1 heterocycles. The van der Waals surface area contributed by atoms with E-state index >= 15 is 0 Å². The van der Waals surface area contributed by atoms with E-state index in [0.717, 1.165) is 6.07 Å². The average molecular weight is 259 g/mol. The topological polar surface area (TPSA) is 48.4 Å². The zero-order valence-electron chi connectivity index (χ0n) is 10.5. The number of aryl methyl sites for hydroxylation is 1. The van der Waals surface area contributed by atoms with Gasteiger partial charge in [0.2, 0.25) is 5.88 Å². The summed E-state index contributed by atoms with van der Waals surface area (Å²) in [5.41, 5.74) is 0.300. The molecule has 0 N–H and O–H groups in total. The monoisotopic (exact) mass is 259 g/mol. The number of aromatic nitrogens is 1. The second-order valence-electron chi connectivity index (χ2n) is 3.60. The highest BCUT2D eigenvalue weighted by Crippen LogP contribution is 2.28. The Morgan fingerprint density at radius 1 is 1.50 bits per heavy atom. The number of carbonyl (C=O) groups excluding carboxylic acids is 1. The molecule has 0 aliphatic heterocycles. The Labute approximate surface area is 104 Å². The van der Waals surface area contributed by atoms with Gasteiger partial charge in [-0.25, -0.2) is 13.8 Å². The van der Waals surface area contributed by atoms with E-state index in [-0.39, 0.29) is 30.0 Å². The second kappa shape index (κ2) is 6.28. The molecular weight excluding hydrogens is 244 g/mol. The minimum atomic E-state index is -2.69. The van der Waals surface area contributed by atoms with Crippen LogP contribution in [0.25, 0.3) is 0 Å². The minimum absolute atomic E-state index is 0.107. The van der Waals surface area contributed by atoms with Crippen molar-refractivity contribution in [1.82, 2.24) is 4.98 Å². The van der Waals surface area contributed by atoms with E-state index in [1.807, 2.05) is 0 Å². The van der Waals surface area contributed by atoms with Gasteiger partial charge in [-0.2, -0.15) is 0 Å². The number of halogens is 2. The lowest BCUT2D eigenvalue weighted by Crippen LogP contribution is -2.12. The summed E-state index contributed by atoms with van der Waals surface area (Å²) >= 11 is 0. The SMILES string of the molecule is CCOC(=O)Cc1c(C(F)F)cc(OC)nc1C. The number of carbonyl (C=O) groups is 1. The number of hydrogen-bond donors (Lipinski definition) is 0. The molecule has 1 rings (SSSR count). The van der Waals surface area contributed by atoms with Crippen molar-refractivity contribution < 1.29 is 23.0 Å². The quantitative estimate of drug-likeness (QED) is 0.762. The van der Waals surface area contributed by atoms with Gasteiger partial charge in [-0.05, 0) is 19.4 Å². The van der Waals surface area contributed by atoms with Crippen LogP contribution in [0.3, 0.4) is 0 Å². The number of methoxy groups -OCH3 is 1. The Bertz CT molecular complexity index is 436. The third-order valence-corrected chi connectivity index (χ3v) is 2.41. The van der Waals surface area contributed by atoms with Crippen molar-refractivity contribution in [3.05, 3.63) is 22.9 Å². The fourth-order valence-electron chi connectivity index (χ4n) is 1.58. The van der Waals surface area contributed by atoms with Crippen LogP contribution in [0.15, 0.2) is 6.07 Å². The smallest absolute Gasteiger partial charge is 0.310 e. The molecule has 0 saturated carbocycles. The molecule has 0 radical (unpaired) electrons. The summed E-state index contributed by atoms with van der Waals surface area (Å²) in [5, 5.41) is 0. The average Bonchev–Trinajstić information content (AvgIpc) is 2.31. The Hall–Kier alpha value is -1.72. The molecule has 4 nitrogen and oxygen atoms in total. The van der Waals surface area contributed by atoms with Crippen LogP contribution in [0.2, 0.25) is 0 Å². The summed E-state index contributed by atoms with van der Waals surface area (Å²) in [7, 11) is 1.35. The number of esters is 1. The molecule has 0 bridgehead atoms. The molecule has 6 heteroatoms. The van der Waals surface area contributed by atoms with Gasteiger partial charge < -0.3 is 9.47 Å². The van der Waals surface area contributed by atoms with Crippen LogP contribution < -0.4 is 4.74 Å². The van der Waals surface area contributed by atoms with Crippen molar-refractivity contribution in [3.8, 4) is 5.88 Å². The van der Waals surface area contributed by atoms with Crippen LogP contribution in [0, 0.1) is 6.92 Å². The van der Waals surface area contributed by atoms with Crippen LogP contribution in [0.5, 0.6) is 5.88 Å². The largest absolute Gasteiger partial charge is 0.481 e. The van der Waals surface area contributed by atoms with Crippen LogP contribution >= 0.6 is 0 Å². The maximum Gasteiger partial charge on any atom is 0.310 e. The van der Waals surface area contributed by atoms with E-state index in [4.69, 9.17) is 9.47 Å². The van der Waals surface area contributed by atoms with Crippen LogP contribution in [-0.4, -0.2) is 24.7 Å². The molecule has 0 amide bonds. The van der Waals surface area contributed by atoms with E-state index in [1.54, 1.807) is 13.8 Å². The molecule has 0 aliphatic rings. The molecule has 0 aromatic carbocycles. The van der Waals surface area contributed by atoms with Gasteiger partial charge in [-0.1, -0.05) is 0 Å². The third-order valence-electron chi connectivity index (χ3n) is 2.41. The van der Waals surface area contributed by atoms with Gasteiger partial charge in [0.1, 0.15) is 0 Å². The van der Waals surface area contributed by atoms with Crippen molar-refractivity contribution in [1.29, 1.82) is 0 Å². The van der Waals surface area contributed by atoms with Gasteiger partial charge in [0.05, 0.1) is 20.1 Å². The van der Waals surface area contributed by atoms with Gasteiger partial charge in [0.25, 0.3) is 6.43 Å². The summed E-state index contributed by atoms with van der Waals surface area (Å²) in [6.07, 6.45) is -2.90. The maximum atomic E-state index is 12.9. The highest BCUT2D eigenvalue weighted by Gasteiger charge is 2.20. The lowest BCUT2D eigenvalue weighted by molar-refractivity contribution is -0.142. The van der Waals surface area contributed by atoms with E-state index in [2.05, 4.69) is 4.98 Å². The maximum absolute atomic E-state index is 12.9. The van der Waals surface area contributed by atoms with Gasteiger partial charge in [-0.3, -0.25) is 4.79 Å². The van der Waals surface area contributed by atoms with Gasteiger partial charge in [0.15, 0.2) is 0 Å². The van der Waals surface area contributed by atoms with Crippen LogP contribution in [-0.2, 0) is 16.0 Å². The normalized spacial score (nSPS) is 10.6. The predicted octanol–water partition coefficient (Wildman–Crippen LogP) is 2.44. The zero-order valence-corrected chi connectivity index (χ0v) is 10.5. The lowest BCUT2D eigenvalue weighted by Gasteiger charge is -2.12. The molecule has 18 heavy (non-hydrogen) atoms. The van der Waals surface area contributed by atoms with Crippen molar-refractivity contribution in [2.75, 3.05) is 13.7 Å². The number of rotatable bonds is 5. The molecular formula is C12H15F2NO3. The minimum Gasteiger partial charge on any atom is -0.481 e. The Morgan fingerprint density at radius 2 is 2.17 bits per heavy atom. The highest BCUT2D eigenvalue weighted by atomic mass is 19.3. The number of ether oxygens (including phenoxy) is 2. The Morgan fingerprint density at radius 3 is 2.67 bits per heavy atom. The summed E-state index contributed by atoms with van der Waals surface area (Å²) < 4.78 is 35.4. The third kappa shape index (κ3) is 3.38. The molecule has 0 atom stereocenters. The van der Waals surface area contributed by atoms with E-state index in [0.29, 0.717) is 5.69 Å². The molecule has 0 spiro atoms. The Balaban J connectivity index is 3.12. The number of alkyl halides is 2. The summed E-state index contributed by atoms with van der Waals surface area (Å²) in [5.74, 6) is -0.440. The van der Waals surface area contributed by atoms with Gasteiger partial charge in [-0.15, -0.1) is 0 Å². The molecule has 0 saturated heterocycles. The summed E-state index contributed by atoms with van der Waals surface area (Å²) in [6.45, 7) is 3.43. The van der Waals surface area contributed by atoms with Crippen LogP contribution in [0.1, 0.15) is 30.2 Å². The van der Waals surface area contributed by atoms with Gasteiger partial charge >= 0.3 is 5.97 Å². The molecule has 0 aliphatic carbocycles. The first-order valence-corrected chi connectivity index (χ1v) is 5.47. The van der Waals surface area contributed by atoms with Crippen molar-refractivity contribution in [2.45, 2.75) is 26.7 Å². The van der Waals surface area contributed by atoms with E-state index in [9.17, 15) is 13.6 Å². The van der Waals surface area contributed by atoms with Crippen molar-refractivity contribution in [3.63, 3.8) is 0 Å². The first-order valence-electron chi connectivity index (χ1n) is 5.47. The molecule has 1 aromatic heterocycles. The van der Waals surface area contributed by atoms with Crippen molar-refractivity contribution in [2.24, 2.45) is 0 Å². The number of nitrogens with zero attached hydrogens (tertiary/aromatic N) is 1. The molecule has 1 aromatic rings. The molecule has 0 fully saturated rings. The number of pyridine rings is 1. The summed E-state index contributed by atoms with van der Waals surface area (Å²) in [6, 6.07) is 1.15. The summed E-state index contributed by atoms with van der Waals surface area (Å²) in [4.78, 5) is 15.4. The first-order chi connectivity index (χ1) is 8.49. The highest BCUT2D eigenvalue weighted by molar-refractivity contribution is 5.73. The van der Waals surface area contributed by atoms with E-state index < -0.39 is 12.4 Å².